The Morgan fingerprint density at radius 2 is 1.74 bits per heavy atom. The molecule has 0 saturated carbocycles. The third kappa shape index (κ3) is 4.42. The lowest BCUT2D eigenvalue weighted by atomic mass is 10.1. The summed E-state index contributed by atoms with van der Waals surface area (Å²) in [6.45, 7) is 3.83. The quantitative estimate of drug-likeness (QED) is 0.857. The molecule has 0 saturated heterocycles. The van der Waals surface area contributed by atoms with Crippen molar-refractivity contribution in [3.05, 3.63) is 64.7 Å². The molecule has 1 amide bonds. The molecule has 23 heavy (non-hydrogen) atoms. The molecule has 4 heteroatoms. The second kappa shape index (κ2) is 7.58. The van der Waals surface area contributed by atoms with E-state index in [0.717, 1.165) is 5.56 Å². The van der Waals surface area contributed by atoms with Gasteiger partial charge in [0.2, 0.25) is 5.91 Å². The van der Waals surface area contributed by atoms with Crippen molar-refractivity contribution in [1.29, 1.82) is 0 Å². The zero-order valence-corrected chi connectivity index (χ0v) is 13.7. The summed E-state index contributed by atoms with van der Waals surface area (Å²) >= 11 is 0. The van der Waals surface area contributed by atoms with Crippen LogP contribution in [-0.2, 0) is 16.0 Å². The average Bonchev–Trinajstić information content (AvgIpc) is 2.55. The molecule has 0 aromatic heterocycles. The lowest BCUT2D eigenvalue weighted by Crippen LogP contribution is -2.14. The molecule has 120 valence electrons. The summed E-state index contributed by atoms with van der Waals surface area (Å²) in [4.78, 5) is 23.8. The predicted octanol–water partition coefficient (Wildman–Crippen LogP) is 3.66. The number of hydrogen-bond donors (Lipinski definition) is 1. The highest BCUT2D eigenvalue weighted by molar-refractivity contribution is 5.96. The van der Waals surface area contributed by atoms with Crippen LogP contribution in [0, 0.1) is 13.8 Å². The number of anilines is 1. The molecular formula is C19H21NO3. The molecular weight excluding hydrogens is 290 g/mol. The van der Waals surface area contributed by atoms with Crippen LogP contribution in [0.2, 0.25) is 0 Å². The predicted molar refractivity (Wildman–Crippen MR) is 90.6 cm³/mol. The molecule has 2 rings (SSSR count). The number of carbonyl (C=O) groups excluding carboxylic acids is 2. The highest BCUT2D eigenvalue weighted by Gasteiger charge is 2.13. The number of hydrogen-bond acceptors (Lipinski definition) is 3. The van der Waals surface area contributed by atoms with Gasteiger partial charge in [0.25, 0.3) is 0 Å². The van der Waals surface area contributed by atoms with E-state index in [1.165, 1.54) is 12.7 Å². The minimum atomic E-state index is -0.404. The van der Waals surface area contributed by atoms with Crippen LogP contribution in [0.5, 0.6) is 0 Å². The SMILES string of the molecule is COC(=O)c1cccc(NC(=O)CCc2ccc(C)cc2)c1C. The fourth-order valence-corrected chi connectivity index (χ4v) is 2.33. The summed E-state index contributed by atoms with van der Waals surface area (Å²) in [5.74, 6) is -0.478. The highest BCUT2D eigenvalue weighted by Crippen LogP contribution is 2.20. The normalized spacial score (nSPS) is 10.2. The van der Waals surface area contributed by atoms with Gasteiger partial charge in [-0.3, -0.25) is 4.79 Å². The summed E-state index contributed by atoms with van der Waals surface area (Å²) in [5.41, 5.74) is 4.15. The van der Waals surface area contributed by atoms with Crippen molar-refractivity contribution < 1.29 is 14.3 Å². The fourth-order valence-electron chi connectivity index (χ4n) is 2.33. The Hall–Kier alpha value is -2.62. The number of methoxy groups -OCH3 is 1. The van der Waals surface area contributed by atoms with Gasteiger partial charge in [0.15, 0.2) is 0 Å². The van der Waals surface area contributed by atoms with E-state index in [-0.39, 0.29) is 5.91 Å². The molecule has 0 fully saturated rings. The van der Waals surface area contributed by atoms with Crippen molar-refractivity contribution in [2.75, 3.05) is 12.4 Å². The lowest BCUT2D eigenvalue weighted by molar-refractivity contribution is -0.116. The Morgan fingerprint density at radius 1 is 1.04 bits per heavy atom. The third-order valence-electron chi connectivity index (χ3n) is 3.77. The topological polar surface area (TPSA) is 55.4 Å². The maximum absolute atomic E-state index is 12.1. The second-order valence-electron chi connectivity index (χ2n) is 5.50. The van der Waals surface area contributed by atoms with E-state index >= 15 is 0 Å². The van der Waals surface area contributed by atoms with Gasteiger partial charge in [-0.2, -0.15) is 0 Å². The van der Waals surface area contributed by atoms with Gasteiger partial charge in [-0.15, -0.1) is 0 Å². The zero-order chi connectivity index (χ0) is 16.8. The largest absolute Gasteiger partial charge is 0.465 e. The number of ether oxygens (including phenoxy) is 1. The number of esters is 1. The van der Waals surface area contributed by atoms with E-state index in [2.05, 4.69) is 5.32 Å². The first-order valence-electron chi connectivity index (χ1n) is 7.54. The average molecular weight is 311 g/mol. The molecule has 1 N–H and O–H groups in total. The van der Waals surface area contributed by atoms with Crippen LogP contribution in [0.25, 0.3) is 0 Å². The Balaban J connectivity index is 2.00. The molecule has 0 radical (unpaired) electrons. The minimum absolute atomic E-state index is 0.0734. The summed E-state index contributed by atoms with van der Waals surface area (Å²) in [7, 11) is 1.34. The van der Waals surface area contributed by atoms with Crippen LogP contribution >= 0.6 is 0 Å². The van der Waals surface area contributed by atoms with Gasteiger partial charge < -0.3 is 10.1 Å². The number of nitrogens with one attached hydrogen (secondary N) is 1. The van der Waals surface area contributed by atoms with E-state index in [1.807, 2.05) is 31.2 Å². The van der Waals surface area contributed by atoms with Crippen molar-refractivity contribution in [1.82, 2.24) is 0 Å². The Morgan fingerprint density at radius 3 is 2.39 bits per heavy atom. The summed E-state index contributed by atoms with van der Waals surface area (Å²) in [5, 5.41) is 2.86. The van der Waals surface area contributed by atoms with Crippen molar-refractivity contribution in [2.45, 2.75) is 26.7 Å². The molecule has 0 aliphatic rings. The van der Waals surface area contributed by atoms with E-state index < -0.39 is 5.97 Å². The first-order valence-corrected chi connectivity index (χ1v) is 7.54. The number of carbonyl (C=O) groups is 2. The Bertz CT molecular complexity index is 705. The van der Waals surface area contributed by atoms with Crippen molar-refractivity contribution in [3.63, 3.8) is 0 Å². The smallest absolute Gasteiger partial charge is 0.338 e. The molecule has 0 spiro atoms. The summed E-state index contributed by atoms with van der Waals surface area (Å²) in [6, 6.07) is 13.3. The standard InChI is InChI=1S/C19H21NO3/c1-13-7-9-15(10-8-13)11-12-18(21)20-17-6-4-5-16(14(17)2)19(22)23-3/h4-10H,11-12H2,1-3H3,(H,20,21). The first-order chi connectivity index (χ1) is 11.0. The maximum atomic E-state index is 12.1. The molecule has 4 nitrogen and oxygen atoms in total. The summed E-state index contributed by atoms with van der Waals surface area (Å²) in [6.07, 6.45) is 1.08. The highest BCUT2D eigenvalue weighted by atomic mass is 16.5. The summed E-state index contributed by atoms with van der Waals surface area (Å²) < 4.78 is 4.74. The van der Waals surface area contributed by atoms with E-state index in [4.69, 9.17) is 4.74 Å². The van der Waals surface area contributed by atoms with Crippen molar-refractivity contribution in [2.24, 2.45) is 0 Å². The van der Waals surface area contributed by atoms with E-state index in [9.17, 15) is 9.59 Å². The molecule has 2 aromatic rings. The van der Waals surface area contributed by atoms with Crippen molar-refractivity contribution >= 4 is 17.6 Å². The van der Waals surface area contributed by atoms with Crippen LogP contribution in [0.15, 0.2) is 42.5 Å². The minimum Gasteiger partial charge on any atom is -0.465 e. The Kier molecular flexibility index (Phi) is 5.52. The number of benzene rings is 2. The maximum Gasteiger partial charge on any atom is 0.338 e. The number of rotatable bonds is 5. The molecule has 0 aliphatic carbocycles. The van der Waals surface area contributed by atoms with Gasteiger partial charge in [0.1, 0.15) is 0 Å². The third-order valence-corrected chi connectivity index (χ3v) is 3.77. The van der Waals surface area contributed by atoms with Gasteiger partial charge in [-0.05, 0) is 43.5 Å². The van der Waals surface area contributed by atoms with Gasteiger partial charge in [-0.25, -0.2) is 4.79 Å². The van der Waals surface area contributed by atoms with Gasteiger partial charge in [0.05, 0.1) is 12.7 Å². The molecule has 0 bridgehead atoms. The first kappa shape index (κ1) is 16.7. The van der Waals surface area contributed by atoms with E-state index in [0.29, 0.717) is 29.7 Å². The molecule has 0 heterocycles. The zero-order valence-electron chi connectivity index (χ0n) is 13.7. The van der Waals surface area contributed by atoms with Crippen LogP contribution in [0.1, 0.15) is 33.5 Å². The van der Waals surface area contributed by atoms with Crippen molar-refractivity contribution in [3.8, 4) is 0 Å². The molecule has 0 atom stereocenters. The molecule has 0 unspecified atom stereocenters. The fraction of sp³-hybridized carbons (Fsp3) is 0.263. The van der Waals surface area contributed by atoms with Gasteiger partial charge >= 0.3 is 5.97 Å². The van der Waals surface area contributed by atoms with Crippen LogP contribution in [0.4, 0.5) is 5.69 Å². The number of amides is 1. The van der Waals surface area contributed by atoms with Crippen LogP contribution in [0.3, 0.4) is 0 Å². The number of aryl methyl sites for hydroxylation is 2. The van der Waals surface area contributed by atoms with Gasteiger partial charge in [-0.1, -0.05) is 35.9 Å². The second-order valence-corrected chi connectivity index (χ2v) is 5.50. The lowest BCUT2D eigenvalue weighted by Gasteiger charge is -2.11. The molecule has 0 aliphatic heterocycles. The van der Waals surface area contributed by atoms with Gasteiger partial charge in [0, 0.05) is 12.1 Å². The monoisotopic (exact) mass is 311 g/mol. The van der Waals surface area contributed by atoms with E-state index in [1.54, 1.807) is 25.1 Å². The molecule has 2 aromatic carbocycles. The van der Waals surface area contributed by atoms with Crippen LogP contribution in [-0.4, -0.2) is 19.0 Å². The Labute approximate surface area is 136 Å². The van der Waals surface area contributed by atoms with Crippen LogP contribution < -0.4 is 5.32 Å².